The highest BCUT2D eigenvalue weighted by atomic mass is 35.5. The summed E-state index contributed by atoms with van der Waals surface area (Å²) in [7, 11) is -3.76. The predicted octanol–water partition coefficient (Wildman–Crippen LogP) is 3.98. The molecule has 2 amide bonds. The lowest BCUT2D eigenvalue weighted by atomic mass is 9.92. The van der Waals surface area contributed by atoms with Gasteiger partial charge >= 0.3 is 0 Å². The minimum atomic E-state index is -3.76. The van der Waals surface area contributed by atoms with Crippen LogP contribution in [0.4, 0.5) is 5.69 Å². The summed E-state index contributed by atoms with van der Waals surface area (Å²) in [5, 5.41) is 15.1. The number of likely N-dealkylation sites (tertiary alicyclic amines) is 2. The molecule has 2 aliphatic rings. The summed E-state index contributed by atoms with van der Waals surface area (Å²) in [5.41, 5.74) is -0.873. The fourth-order valence-electron chi connectivity index (χ4n) is 4.93. The molecule has 39 heavy (non-hydrogen) atoms. The normalized spacial score (nSPS) is 18.8. The SMILES string of the molecule is C[C@@](O)(C(=O)N1CCC(N2CC(Nc3cc(Cl)c(C(=O)NS(C)(=O)=O)c(Cl)c3)C2)CC1)c1cc(Cl)cc(Cl)c1. The molecule has 9 nitrogen and oxygen atoms in total. The Morgan fingerprint density at radius 3 is 2.03 bits per heavy atom. The number of carbonyl (C=O) groups is 2. The van der Waals surface area contributed by atoms with Gasteiger partial charge in [0.2, 0.25) is 10.0 Å². The Kier molecular flexibility index (Phi) is 8.97. The van der Waals surface area contributed by atoms with Crippen molar-refractivity contribution in [3.05, 3.63) is 61.5 Å². The van der Waals surface area contributed by atoms with Crippen molar-refractivity contribution in [2.75, 3.05) is 37.8 Å². The molecule has 2 saturated heterocycles. The highest BCUT2D eigenvalue weighted by Gasteiger charge is 2.40. The molecule has 4 rings (SSSR count). The fourth-order valence-corrected chi connectivity index (χ4v) is 6.55. The van der Waals surface area contributed by atoms with Crippen molar-refractivity contribution in [3.8, 4) is 0 Å². The minimum Gasteiger partial charge on any atom is -0.380 e. The van der Waals surface area contributed by atoms with E-state index in [1.165, 1.54) is 19.1 Å². The Labute approximate surface area is 247 Å². The maximum absolute atomic E-state index is 13.1. The molecule has 0 spiro atoms. The van der Waals surface area contributed by atoms with E-state index in [-0.39, 0.29) is 27.6 Å². The second-order valence-electron chi connectivity index (χ2n) is 10.1. The molecule has 3 N–H and O–H groups in total. The fraction of sp³-hybridized carbons (Fsp3) is 0.440. The Balaban J connectivity index is 1.29. The first-order chi connectivity index (χ1) is 18.1. The Hall–Kier alpha value is -1.79. The molecule has 212 valence electrons. The summed E-state index contributed by atoms with van der Waals surface area (Å²) in [4.78, 5) is 29.3. The second kappa shape index (κ2) is 11.6. The van der Waals surface area contributed by atoms with Gasteiger partial charge < -0.3 is 15.3 Å². The molecule has 14 heteroatoms. The van der Waals surface area contributed by atoms with Crippen LogP contribution in [0.3, 0.4) is 0 Å². The number of piperidine rings is 1. The predicted molar refractivity (Wildman–Crippen MR) is 153 cm³/mol. The van der Waals surface area contributed by atoms with Gasteiger partial charge in [-0.15, -0.1) is 0 Å². The minimum absolute atomic E-state index is 0.0373. The van der Waals surface area contributed by atoms with Crippen LogP contribution in [0, 0.1) is 0 Å². The van der Waals surface area contributed by atoms with E-state index in [2.05, 4.69) is 10.2 Å². The largest absolute Gasteiger partial charge is 0.380 e. The van der Waals surface area contributed by atoms with Crippen molar-refractivity contribution in [2.45, 2.75) is 37.5 Å². The van der Waals surface area contributed by atoms with Gasteiger partial charge in [-0.3, -0.25) is 14.5 Å². The molecule has 1 atom stereocenters. The van der Waals surface area contributed by atoms with Gasteiger partial charge in [-0.2, -0.15) is 0 Å². The zero-order valence-corrected chi connectivity index (χ0v) is 25.0. The average Bonchev–Trinajstić information content (AvgIpc) is 2.78. The first kappa shape index (κ1) is 30.2. The van der Waals surface area contributed by atoms with Crippen LogP contribution in [0.25, 0.3) is 0 Å². The lowest BCUT2D eigenvalue weighted by Gasteiger charge is -2.48. The molecule has 0 unspecified atom stereocenters. The maximum atomic E-state index is 13.1. The molecule has 0 bridgehead atoms. The van der Waals surface area contributed by atoms with E-state index in [4.69, 9.17) is 46.4 Å². The van der Waals surface area contributed by atoms with E-state index in [0.29, 0.717) is 40.4 Å². The molecule has 2 aromatic carbocycles. The summed E-state index contributed by atoms with van der Waals surface area (Å²) in [6.07, 6.45) is 2.41. The van der Waals surface area contributed by atoms with Crippen LogP contribution in [-0.2, 0) is 20.4 Å². The molecule has 0 saturated carbocycles. The number of carbonyl (C=O) groups excluding carboxylic acids is 2. The van der Waals surface area contributed by atoms with Crippen LogP contribution < -0.4 is 10.0 Å². The summed E-state index contributed by atoms with van der Waals surface area (Å²) in [5.74, 6) is -1.28. The third-order valence-electron chi connectivity index (χ3n) is 6.94. The second-order valence-corrected chi connectivity index (χ2v) is 13.5. The highest BCUT2D eigenvalue weighted by molar-refractivity contribution is 7.89. The van der Waals surface area contributed by atoms with Crippen molar-refractivity contribution < 1.29 is 23.1 Å². The van der Waals surface area contributed by atoms with Gasteiger partial charge in [0.1, 0.15) is 0 Å². The van der Waals surface area contributed by atoms with E-state index >= 15 is 0 Å². The molecular weight excluding hydrogens is 610 g/mol. The number of sulfonamides is 1. The molecule has 2 heterocycles. The summed E-state index contributed by atoms with van der Waals surface area (Å²) in [6, 6.07) is 8.14. The van der Waals surface area contributed by atoms with Crippen LogP contribution in [0.1, 0.15) is 35.7 Å². The van der Waals surface area contributed by atoms with Gasteiger partial charge in [0.05, 0.1) is 27.9 Å². The highest BCUT2D eigenvalue weighted by Crippen LogP contribution is 2.33. The van der Waals surface area contributed by atoms with Gasteiger partial charge in [0, 0.05) is 48.0 Å². The Bertz CT molecular complexity index is 1350. The number of benzene rings is 2. The van der Waals surface area contributed by atoms with Crippen molar-refractivity contribution in [1.82, 2.24) is 14.5 Å². The van der Waals surface area contributed by atoms with Crippen LogP contribution in [-0.4, -0.2) is 79.7 Å². The summed E-state index contributed by atoms with van der Waals surface area (Å²) < 4.78 is 24.6. The van der Waals surface area contributed by atoms with Gasteiger partial charge in [0.15, 0.2) is 5.60 Å². The van der Waals surface area contributed by atoms with E-state index < -0.39 is 21.5 Å². The van der Waals surface area contributed by atoms with Gasteiger partial charge in [-0.05, 0) is 55.7 Å². The maximum Gasteiger partial charge on any atom is 0.267 e. The molecular formula is C25H28Cl4N4O5S. The number of hydrogen-bond acceptors (Lipinski definition) is 7. The Morgan fingerprint density at radius 1 is 0.974 bits per heavy atom. The molecule has 2 fully saturated rings. The van der Waals surface area contributed by atoms with Crippen molar-refractivity contribution in [3.63, 3.8) is 0 Å². The van der Waals surface area contributed by atoms with Gasteiger partial charge in [-0.25, -0.2) is 13.1 Å². The van der Waals surface area contributed by atoms with E-state index in [1.54, 1.807) is 23.1 Å². The van der Waals surface area contributed by atoms with Gasteiger partial charge in [0.25, 0.3) is 11.8 Å². The molecule has 0 aromatic heterocycles. The van der Waals surface area contributed by atoms with E-state index in [9.17, 15) is 23.1 Å². The number of halogens is 4. The van der Waals surface area contributed by atoms with Gasteiger partial charge in [-0.1, -0.05) is 46.4 Å². The zero-order chi connectivity index (χ0) is 28.7. The van der Waals surface area contributed by atoms with Crippen LogP contribution >= 0.6 is 46.4 Å². The smallest absolute Gasteiger partial charge is 0.267 e. The standard InChI is InChI=1S/C25H28Cl4N4O5S/c1-25(36,14-7-15(26)9-16(27)8-14)24(35)32-5-3-19(4-6-32)33-12-18(13-33)30-17-10-20(28)22(21(29)11-17)23(34)31-39(2,37)38/h7-11,18-19,30,36H,3-6,12-13H2,1-2H3,(H,31,34)/t25-/m0/s1. The van der Waals surface area contributed by atoms with Crippen LogP contribution in [0.15, 0.2) is 30.3 Å². The number of hydrogen-bond donors (Lipinski definition) is 3. The summed E-state index contributed by atoms with van der Waals surface area (Å²) >= 11 is 24.6. The third-order valence-corrected chi connectivity index (χ3v) is 8.53. The quantitative estimate of drug-likeness (QED) is 0.420. The van der Waals surface area contributed by atoms with Crippen molar-refractivity contribution in [2.24, 2.45) is 0 Å². The average molecular weight is 638 g/mol. The van der Waals surface area contributed by atoms with E-state index in [1.807, 2.05) is 4.72 Å². The number of rotatable bonds is 7. The lowest BCUT2D eigenvalue weighted by Crippen LogP contribution is -2.61. The lowest BCUT2D eigenvalue weighted by molar-refractivity contribution is -0.152. The zero-order valence-electron chi connectivity index (χ0n) is 21.2. The third kappa shape index (κ3) is 7.11. The van der Waals surface area contributed by atoms with Crippen LogP contribution in [0.5, 0.6) is 0 Å². The number of nitrogens with one attached hydrogen (secondary N) is 2. The molecule has 0 radical (unpaired) electrons. The Morgan fingerprint density at radius 2 is 1.51 bits per heavy atom. The molecule has 0 aliphatic carbocycles. The number of anilines is 1. The number of amides is 2. The number of nitrogens with zero attached hydrogens (tertiary/aromatic N) is 2. The summed E-state index contributed by atoms with van der Waals surface area (Å²) in [6.45, 7) is 4.03. The van der Waals surface area contributed by atoms with Crippen LogP contribution in [0.2, 0.25) is 20.1 Å². The first-order valence-corrected chi connectivity index (χ1v) is 15.5. The first-order valence-electron chi connectivity index (χ1n) is 12.1. The topological polar surface area (TPSA) is 119 Å². The van der Waals surface area contributed by atoms with E-state index in [0.717, 1.165) is 32.2 Å². The van der Waals surface area contributed by atoms with Crippen molar-refractivity contribution >= 4 is 73.9 Å². The molecule has 2 aliphatic heterocycles. The molecule has 2 aromatic rings. The monoisotopic (exact) mass is 636 g/mol. The number of aliphatic hydroxyl groups is 1. The van der Waals surface area contributed by atoms with Crippen molar-refractivity contribution in [1.29, 1.82) is 0 Å².